The predicted octanol–water partition coefficient (Wildman–Crippen LogP) is 5.20. The number of nitrogens with one attached hydrogen (secondary N) is 1. The zero-order chi connectivity index (χ0) is 28.0. The lowest BCUT2D eigenvalue weighted by atomic mass is 9.96. The van der Waals surface area contributed by atoms with Crippen LogP contribution in [0, 0.1) is 6.92 Å². The molecule has 3 aromatic carbocycles. The van der Waals surface area contributed by atoms with Crippen LogP contribution < -0.4 is 14.8 Å². The van der Waals surface area contributed by atoms with Crippen LogP contribution in [0.5, 0.6) is 11.5 Å². The zero-order valence-electron chi connectivity index (χ0n) is 21.2. The molecule has 2 atom stereocenters. The maximum absolute atomic E-state index is 12.8. The van der Waals surface area contributed by atoms with E-state index in [2.05, 4.69) is 10.1 Å². The molecule has 10 heteroatoms. The van der Waals surface area contributed by atoms with Gasteiger partial charge in [-0.25, -0.2) is 9.59 Å². The summed E-state index contributed by atoms with van der Waals surface area (Å²) >= 11 is 0. The number of alkyl halides is 3. The molecule has 0 radical (unpaired) electrons. The summed E-state index contributed by atoms with van der Waals surface area (Å²) in [6.45, 7) is 1.85. The van der Waals surface area contributed by atoms with E-state index in [-0.39, 0.29) is 24.8 Å². The Balaban J connectivity index is 1.33. The first-order chi connectivity index (χ1) is 18.6. The highest BCUT2D eigenvalue weighted by Gasteiger charge is 2.42. The molecule has 0 fully saturated rings. The van der Waals surface area contributed by atoms with Crippen molar-refractivity contribution >= 4 is 11.9 Å². The van der Waals surface area contributed by atoms with Crippen molar-refractivity contribution < 1.29 is 42.1 Å². The molecule has 7 nitrogen and oxygen atoms in total. The molecule has 2 N–H and O–H groups in total. The quantitative estimate of drug-likeness (QED) is 0.340. The van der Waals surface area contributed by atoms with E-state index in [0.717, 1.165) is 28.7 Å². The summed E-state index contributed by atoms with van der Waals surface area (Å²) in [6, 6.07) is 19.4. The Labute approximate surface area is 223 Å². The van der Waals surface area contributed by atoms with Gasteiger partial charge in [0, 0.05) is 13.1 Å². The zero-order valence-corrected chi connectivity index (χ0v) is 21.2. The van der Waals surface area contributed by atoms with E-state index in [9.17, 15) is 22.8 Å². The molecular formula is C29H28F3NO6. The molecule has 1 heterocycles. The number of rotatable bonds is 10. The van der Waals surface area contributed by atoms with Gasteiger partial charge in [-0.1, -0.05) is 36.4 Å². The van der Waals surface area contributed by atoms with E-state index in [0.29, 0.717) is 24.5 Å². The number of halogens is 3. The Morgan fingerprint density at radius 3 is 2.49 bits per heavy atom. The van der Waals surface area contributed by atoms with Gasteiger partial charge in [-0.2, -0.15) is 13.2 Å². The van der Waals surface area contributed by atoms with Crippen LogP contribution in [0.4, 0.5) is 13.2 Å². The first-order valence-electron chi connectivity index (χ1n) is 12.4. The van der Waals surface area contributed by atoms with Crippen LogP contribution in [-0.4, -0.2) is 55.1 Å². The number of esters is 1. The molecule has 1 aliphatic rings. The van der Waals surface area contributed by atoms with Crippen molar-refractivity contribution in [3.63, 3.8) is 0 Å². The molecule has 0 saturated carbocycles. The second-order valence-corrected chi connectivity index (χ2v) is 9.24. The normalized spacial score (nSPS) is 15.5. The average Bonchev–Trinajstić information content (AvgIpc) is 2.91. The van der Waals surface area contributed by atoms with Crippen LogP contribution in [-0.2, 0) is 16.0 Å². The molecule has 0 bridgehead atoms. The SMILES string of the molecule is Cc1ccccc1OCC(CNC[C@H]1CCc2cc(-c3ccc(C(=O)O)cc3)ccc2O1)OC(=O)C(F)(F)F. The number of hydrogen-bond acceptors (Lipinski definition) is 6. The fourth-order valence-corrected chi connectivity index (χ4v) is 4.23. The smallest absolute Gasteiger partial charge is 0.489 e. The number of carboxylic acid groups (broad SMARTS) is 1. The highest BCUT2D eigenvalue weighted by atomic mass is 19.4. The minimum absolute atomic E-state index is 0.0499. The van der Waals surface area contributed by atoms with Crippen molar-refractivity contribution in [1.82, 2.24) is 5.32 Å². The Bertz CT molecular complexity index is 1310. The van der Waals surface area contributed by atoms with Crippen LogP contribution in [0.25, 0.3) is 11.1 Å². The molecule has 39 heavy (non-hydrogen) atoms. The molecule has 1 unspecified atom stereocenters. The lowest BCUT2D eigenvalue weighted by Crippen LogP contribution is -2.42. The maximum Gasteiger partial charge on any atom is 0.490 e. The van der Waals surface area contributed by atoms with E-state index < -0.39 is 24.2 Å². The van der Waals surface area contributed by atoms with E-state index in [4.69, 9.17) is 14.6 Å². The summed E-state index contributed by atoms with van der Waals surface area (Å²) in [4.78, 5) is 22.5. The fraction of sp³-hybridized carbons (Fsp3) is 0.310. The molecule has 0 amide bonds. The summed E-state index contributed by atoms with van der Waals surface area (Å²) in [7, 11) is 0. The number of para-hydroxylation sites is 1. The number of fused-ring (bicyclic) bond motifs is 1. The number of ether oxygens (including phenoxy) is 3. The van der Waals surface area contributed by atoms with Gasteiger partial charge in [0.25, 0.3) is 0 Å². The van der Waals surface area contributed by atoms with Gasteiger partial charge in [0.15, 0.2) is 0 Å². The van der Waals surface area contributed by atoms with Gasteiger partial charge in [0.1, 0.15) is 30.3 Å². The summed E-state index contributed by atoms with van der Waals surface area (Å²) in [5, 5.41) is 12.1. The van der Waals surface area contributed by atoms with Gasteiger partial charge in [0.2, 0.25) is 0 Å². The molecule has 0 aromatic heterocycles. The number of aryl methyl sites for hydroxylation is 2. The second kappa shape index (κ2) is 12.2. The largest absolute Gasteiger partial charge is 0.490 e. The molecular weight excluding hydrogens is 515 g/mol. The van der Waals surface area contributed by atoms with E-state index in [1.807, 2.05) is 24.3 Å². The molecule has 4 rings (SSSR count). The first-order valence-corrected chi connectivity index (χ1v) is 12.4. The van der Waals surface area contributed by atoms with E-state index >= 15 is 0 Å². The Kier molecular flexibility index (Phi) is 8.75. The third-order valence-corrected chi connectivity index (χ3v) is 6.32. The van der Waals surface area contributed by atoms with Crippen LogP contribution in [0.15, 0.2) is 66.7 Å². The lowest BCUT2D eigenvalue weighted by Gasteiger charge is -2.27. The van der Waals surface area contributed by atoms with Crippen molar-refractivity contribution in [1.29, 1.82) is 0 Å². The van der Waals surface area contributed by atoms with Crippen molar-refractivity contribution in [3.8, 4) is 22.6 Å². The highest BCUT2D eigenvalue weighted by molar-refractivity contribution is 5.88. The van der Waals surface area contributed by atoms with Crippen LogP contribution >= 0.6 is 0 Å². The third-order valence-electron chi connectivity index (χ3n) is 6.32. The summed E-state index contributed by atoms with van der Waals surface area (Å²) < 4.78 is 54.8. The fourth-order valence-electron chi connectivity index (χ4n) is 4.23. The molecule has 3 aromatic rings. The number of hydrogen-bond donors (Lipinski definition) is 2. The van der Waals surface area contributed by atoms with Crippen molar-refractivity contribution in [2.75, 3.05) is 19.7 Å². The summed E-state index contributed by atoms with van der Waals surface area (Å²) in [6.07, 6.45) is -5.09. The van der Waals surface area contributed by atoms with Gasteiger partial charge < -0.3 is 24.6 Å². The number of carbonyl (C=O) groups is 2. The first kappa shape index (κ1) is 28.0. The Morgan fingerprint density at radius 2 is 1.79 bits per heavy atom. The molecule has 1 aliphatic heterocycles. The van der Waals surface area contributed by atoms with Crippen molar-refractivity contribution in [2.24, 2.45) is 0 Å². The number of aromatic carboxylic acids is 1. The summed E-state index contributed by atoms with van der Waals surface area (Å²) in [5.41, 5.74) is 3.86. The van der Waals surface area contributed by atoms with Crippen molar-refractivity contribution in [3.05, 3.63) is 83.4 Å². The molecule has 206 valence electrons. The monoisotopic (exact) mass is 543 g/mol. The molecule has 0 spiro atoms. The standard InChI is InChI=1S/C29H28F3NO6/c1-18-4-2-3-5-25(18)37-17-24(39-28(36)29(30,31)32)16-33-15-23-12-10-22-14-21(11-13-26(22)38-23)19-6-8-20(9-7-19)27(34)35/h2-9,11,13-14,23-24,33H,10,12,15-17H2,1H3,(H,34,35)/t23-,24?/m1/s1. The van der Waals surface area contributed by atoms with Gasteiger partial charge in [0.05, 0.1) is 5.56 Å². The minimum atomic E-state index is -5.10. The van der Waals surface area contributed by atoms with Gasteiger partial charge in [-0.05, 0) is 72.4 Å². The lowest BCUT2D eigenvalue weighted by molar-refractivity contribution is -0.205. The molecule has 0 aliphatic carbocycles. The van der Waals surface area contributed by atoms with E-state index in [1.54, 1.807) is 49.4 Å². The Morgan fingerprint density at radius 1 is 1.08 bits per heavy atom. The number of benzene rings is 3. The van der Waals surface area contributed by atoms with Gasteiger partial charge in [-0.3, -0.25) is 0 Å². The predicted molar refractivity (Wildman–Crippen MR) is 137 cm³/mol. The molecule has 0 saturated heterocycles. The second-order valence-electron chi connectivity index (χ2n) is 9.24. The van der Waals surface area contributed by atoms with Crippen LogP contribution in [0.2, 0.25) is 0 Å². The van der Waals surface area contributed by atoms with Gasteiger partial charge in [-0.15, -0.1) is 0 Å². The third kappa shape index (κ3) is 7.51. The topological polar surface area (TPSA) is 94.1 Å². The van der Waals surface area contributed by atoms with Crippen LogP contribution in [0.1, 0.15) is 27.9 Å². The maximum atomic E-state index is 12.8. The number of carbonyl (C=O) groups excluding carboxylic acids is 1. The Hall–Kier alpha value is -4.05. The van der Waals surface area contributed by atoms with Crippen LogP contribution in [0.3, 0.4) is 0 Å². The van der Waals surface area contributed by atoms with E-state index in [1.165, 1.54) is 0 Å². The van der Waals surface area contributed by atoms with Crippen molar-refractivity contribution in [2.45, 2.75) is 38.1 Å². The highest BCUT2D eigenvalue weighted by Crippen LogP contribution is 2.32. The summed E-state index contributed by atoms with van der Waals surface area (Å²) in [5.74, 6) is -2.04. The van der Waals surface area contributed by atoms with Gasteiger partial charge >= 0.3 is 18.1 Å². The number of carboxylic acids is 1. The average molecular weight is 544 g/mol. The minimum Gasteiger partial charge on any atom is -0.489 e.